The molecule has 2 aliphatic carbocycles. The minimum Gasteiger partial charge on any atom is -0.456 e. The predicted octanol–water partition coefficient (Wildman–Crippen LogP) is 21.0. The lowest BCUT2D eigenvalue weighted by molar-refractivity contribution is 0.332. The van der Waals surface area contributed by atoms with Gasteiger partial charge in [0.2, 0.25) is 0 Å². The number of hydrogen-bond acceptors (Lipinski definition) is 4. The molecule has 0 bridgehead atoms. The predicted molar refractivity (Wildman–Crippen MR) is 360 cm³/mol. The van der Waals surface area contributed by atoms with Crippen molar-refractivity contribution in [3.05, 3.63) is 215 Å². The first-order valence-electron chi connectivity index (χ1n) is 31.0. The van der Waals surface area contributed by atoms with Gasteiger partial charge < -0.3 is 19.0 Å². The minimum atomic E-state index is -0.242. The summed E-state index contributed by atoms with van der Waals surface area (Å²) in [5, 5.41) is 2.29. The second-order valence-electron chi connectivity index (χ2n) is 30.0. The Morgan fingerprint density at radius 3 is 1.62 bits per heavy atom. The van der Waals surface area contributed by atoms with Gasteiger partial charge in [0.05, 0.1) is 0 Å². The van der Waals surface area contributed by atoms with Gasteiger partial charge in [-0.2, -0.15) is 0 Å². The van der Waals surface area contributed by atoms with Crippen molar-refractivity contribution in [2.24, 2.45) is 0 Å². The van der Waals surface area contributed by atoms with Crippen molar-refractivity contribution >= 4 is 85.2 Å². The molecule has 0 saturated heterocycles. The molecule has 0 unspecified atom stereocenters. The molecule has 0 N–H and O–H groups in total. The van der Waals surface area contributed by atoms with E-state index >= 15 is 0 Å². The first-order valence-corrected chi connectivity index (χ1v) is 31.0. The zero-order valence-corrected chi connectivity index (χ0v) is 52.4. The van der Waals surface area contributed by atoms with E-state index in [1.807, 2.05) is 0 Å². The fourth-order valence-corrected chi connectivity index (χ4v) is 15.1. The largest absolute Gasteiger partial charge is 0.456 e. The summed E-state index contributed by atoms with van der Waals surface area (Å²) in [6, 6.07) is 68.2. The van der Waals surface area contributed by atoms with E-state index in [1.165, 1.54) is 101 Å². The van der Waals surface area contributed by atoms with Crippen LogP contribution in [-0.2, 0) is 32.5 Å². The number of rotatable bonds is 6. The molecule has 0 atom stereocenters. The van der Waals surface area contributed by atoms with Crippen LogP contribution in [0.2, 0.25) is 0 Å². The molecular weight excluding hydrogens is 1020 g/mol. The molecule has 4 nitrogen and oxygen atoms in total. The molecule has 4 aliphatic rings. The summed E-state index contributed by atoms with van der Waals surface area (Å²) in [7, 11) is 0. The fourth-order valence-electron chi connectivity index (χ4n) is 15.1. The summed E-state index contributed by atoms with van der Waals surface area (Å²) in [6.07, 6.45) is 4.58. The highest BCUT2D eigenvalue weighted by atomic mass is 16.3. The molecule has 84 heavy (non-hydrogen) atoms. The second kappa shape index (κ2) is 18.6. The van der Waals surface area contributed by atoms with Gasteiger partial charge >= 0.3 is 6.85 Å². The Balaban J connectivity index is 1.13. The first-order chi connectivity index (χ1) is 39.8. The second-order valence-corrected chi connectivity index (χ2v) is 30.0. The molecule has 0 radical (unpaired) electrons. The summed E-state index contributed by atoms with van der Waals surface area (Å²) in [5.74, 6) is 0. The standard InChI is InChI=1S/C79H82BN3O/c1-49-43-61-63(79(14,15)42-41-77(61,10)11)48-67(49)82-65-36-34-56(81(54-29-25-52(26-30-54)74(2,3)4)55-31-27-53(28-32-55)75(5,6)7)47-64(65)80-73-59(44-51(45-68(73)82)50-21-17-16-18-22-50)71-66(37-38-70-72(71)58-23-19-20-24-69(58)84-70)83(80)57-33-35-60-62(46-57)78(12,13)40-39-76(60,8)9/h16-38,43-48H,39-42H2,1-15H3. The molecule has 3 heterocycles. The van der Waals surface area contributed by atoms with Crippen molar-refractivity contribution in [2.75, 3.05) is 14.6 Å². The number of anilines is 8. The van der Waals surface area contributed by atoms with Crippen molar-refractivity contribution < 1.29 is 4.42 Å². The number of fused-ring (bicyclic) bond motifs is 10. The molecule has 1 aromatic heterocycles. The summed E-state index contributed by atoms with van der Waals surface area (Å²) >= 11 is 0. The summed E-state index contributed by atoms with van der Waals surface area (Å²) in [4.78, 5) is 7.93. The van der Waals surface area contributed by atoms with E-state index < -0.39 is 0 Å². The SMILES string of the molecule is Cc1cc2c(cc1N1c3ccc(N(c4ccc(C(C)(C)C)cc4)c4ccc(C(C)(C)C)cc4)cc3B3c4c(cc(-c5ccccc5)cc41)-c1c(ccc4oc5ccccc5c14)N3c1ccc3c(c1)C(C)(C)CCC3(C)C)C(C)(C)CCC2(C)C. The van der Waals surface area contributed by atoms with E-state index in [2.05, 4.69) is 294 Å². The highest BCUT2D eigenvalue weighted by Crippen LogP contribution is 2.56. The number of nitrogens with zero attached hydrogens (tertiary/aromatic N) is 3. The van der Waals surface area contributed by atoms with E-state index in [1.54, 1.807) is 0 Å². The third kappa shape index (κ3) is 8.52. The molecule has 422 valence electrons. The van der Waals surface area contributed by atoms with Crippen LogP contribution in [0.4, 0.5) is 45.5 Å². The van der Waals surface area contributed by atoms with E-state index in [0.717, 1.165) is 64.7 Å². The first kappa shape index (κ1) is 54.2. The Hall–Kier alpha value is -7.76. The van der Waals surface area contributed by atoms with Gasteiger partial charge in [-0.1, -0.05) is 182 Å². The van der Waals surface area contributed by atoms with Crippen LogP contribution in [0.5, 0.6) is 0 Å². The highest BCUT2D eigenvalue weighted by molar-refractivity contribution is 6.94. The van der Waals surface area contributed by atoms with Gasteiger partial charge in [-0.05, 0) is 223 Å². The van der Waals surface area contributed by atoms with Crippen LogP contribution >= 0.6 is 0 Å². The number of aryl methyl sites for hydroxylation is 1. The Morgan fingerprint density at radius 2 is 1.00 bits per heavy atom. The Labute approximate surface area is 500 Å². The molecule has 0 spiro atoms. The van der Waals surface area contributed by atoms with Gasteiger partial charge in [-0.15, -0.1) is 0 Å². The van der Waals surface area contributed by atoms with Crippen LogP contribution in [0.3, 0.4) is 0 Å². The number of para-hydroxylation sites is 1. The lowest BCUT2D eigenvalue weighted by Gasteiger charge is -2.48. The van der Waals surface area contributed by atoms with Gasteiger partial charge in [-0.25, -0.2) is 0 Å². The third-order valence-electron chi connectivity index (χ3n) is 20.4. The van der Waals surface area contributed by atoms with Crippen molar-refractivity contribution in [2.45, 2.75) is 162 Å². The van der Waals surface area contributed by atoms with Gasteiger partial charge in [0.25, 0.3) is 0 Å². The van der Waals surface area contributed by atoms with Crippen LogP contribution in [0.15, 0.2) is 180 Å². The average Bonchev–Trinajstić information content (AvgIpc) is 1.06. The van der Waals surface area contributed by atoms with Gasteiger partial charge in [0, 0.05) is 61.8 Å². The van der Waals surface area contributed by atoms with Gasteiger partial charge in [0.15, 0.2) is 0 Å². The fraction of sp³-hybridized carbons (Fsp3) is 0.316. The van der Waals surface area contributed by atoms with E-state index in [-0.39, 0.29) is 39.3 Å². The van der Waals surface area contributed by atoms with Crippen LogP contribution in [0, 0.1) is 6.92 Å². The molecule has 0 saturated carbocycles. The van der Waals surface area contributed by atoms with Crippen molar-refractivity contribution in [3.8, 4) is 22.3 Å². The molecule has 14 rings (SSSR count). The molecular formula is C79H82BN3O. The third-order valence-corrected chi connectivity index (χ3v) is 20.4. The Morgan fingerprint density at radius 1 is 0.452 bits per heavy atom. The molecule has 10 aromatic rings. The van der Waals surface area contributed by atoms with E-state index in [0.29, 0.717) is 0 Å². The van der Waals surface area contributed by atoms with Crippen LogP contribution < -0.4 is 25.5 Å². The smallest absolute Gasteiger partial charge is 0.333 e. The molecule has 2 aliphatic heterocycles. The monoisotopic (exact) mass is 1100 g/mol. The van der Waals surface area contributed by atoms with Crippen LogP contribution in [-0.4, -0.2) is 6.85 Å². The molecule has 0 amide bonds. The zero-order valence-electron chi connectivity index (χ0n) is 52.4. The van der Waals surface area contributed by atoms with Crippen LogP contribution in [0.1, 0.15) is 162 Å². The molecule has 5 heteroatoms. The van der Waals surface area contributed by atoms with Gasteiger partial charge in [0.1, 0.15) is 11.2 Å². The maximum atomic E-state index is 6.91. The molecule has 0 fully saturated rings. The lowest BCUT2D eigenvalue weighted by Crippen LogP contribution is -2.61. The lowest BCUT2D eigenvalue weighted by atomic mass is 9.43. The Bertz CT molecular complexity index is 4240. The topological polar surface area (TPSA) is 22.9 Å². The quantitative estimate of drug-likeness (QED) is 0.155. The summed E-state index contributed by atoms with van der Waals surface area (Å²) < 4.78 is 6.91. The zero-order chi connectivity index (χ0) is 58.8. The average molecular weight is 1100 g/mol. The number of furan rings is 1. The van der Waals surface area contributed by atoms with E-state index in [9.17, 15) is 0 Å². The van der Waals surface area contributed by atoms with Crippen molar-refractivity contribution in [1.82, 2.24) is 0 Å². The normalized spacial score (nSPS) is 17.1. The van der Waals surface area contributed by atoms with Crippen molar-refractivity contribution in [1.29, 1.82) is 0 Å². The Kier molecular flexibility index (Phi) is 12.0. The maximum absolute atomic E-state index is 6.91. The summed E-state index contributed by atoms with van der Waals surface area (Å²) in [5.41, 5.74) is 28.4. The van der Waals surface area contributed by atoms with Gasteiger partial charge in [-0.3, -0.25) is 0 Å². The minimum absolute atomic E-state index is 0.00627. The van der Waals surface area contributed by atoms with E-state index in [4.69, 9.17) is 4.42 Å². The highest BCUT2D eigenvalue weighted by Gasteiger charge is 2.48. The number of hydrogen-bond donors (Lipinski definition) is 0. The maximum Gasteiger partial charge on any atom is 0.333 e. The number of benzene rings is 9. The summed E-state index contributed by atoms with van der Waals surface area (Å²) in [6.45, 7) is 35.6. The van der Waals surface area contributed by atoms with Crippen LogP contribution in [0.25, 0.3) is 44.2 Å². The van der Waals surface area contributed by atoms with Crippen molar-refractivity contribution in [3.63, 3.8) is 0 Å². The molecule has 9 aromatic carbocycles.